The fraction of sp³-hybridized carbons (Fsp3) is 0.571. The van der Waals surface area contributed by atoms with Gasteiger partial charge < -0.3 is 9.73 Å². The van der Waals surface area contributed by atoms with E-state index in [-0.39, 0.29) is 0 Å². The van der Waals surface area contributed by atoms with E-state index in [9.17, 15) is 0 Å². The molecule has 0 aliphatic carbocycles. The molecule has 1 N–H and O–H groups in total. The molecule has 0 amide bonds. The van der Waals surface area contributed by atoms with Crippen LogP contribution in [0, 0.1) is 12.8 Å². The van der Waals surface area contributed by atoms with E-state index in [2.05, 4.69) is 29.4 Å². The summed E-state index contributed by atoms with van der Waals surface area (Å²) in [6.07, 6.45) is 3.83. The summed E-state index contributed by atoms with van der Waals surface area (Å²) >= 11 is 1.65. The highest BCUT2D eigenvalue weighted by atomic mass is 32.1. The number of nitrogens with zero attached hydrogens (tertiary/aromatic N) is 2. The summed E-state index contributed by atoms with van der Waals surface area (Å²) in [6.45, 7) is 8.49. The van der Waals surface area contributed by atoms with Crippen LogP contribution in [-0.2, 0) is 6.42 Å². The zero-order chi connectivity index (χ0) is 13.7. The smallest absolute Gasteiger partial charge is 0.151 e. The van der Waals surface area contributed by atoms with Gasteiger partial charge in [0.2, 0.25) is 0 Å². The van der Waals surface area contributed by atoms with Gasteiger partial charge in [0.05, 0.1) is 5.56 Å². The molecule has 104 valence electrons. The van der Waals surface area contributed by atoms with E-state index in [1.54, 1.807) is 17.6 Å². The quantitative estimate of drug-likeness (QED) is 0.790. The van der Waals surface area contributed by atoms with Gasteiger partial charge in [0, 0.05) is 6.42 Å². The molecule has 0 saturated carbocycles. The van der Waals surface area contributed by atoms with Crippen molar-refractivity contribution in [3.8, 4) is 10.6 Å². The van der Waals surface area contributed by atoms with E-state index >= 15 is 0 Å². The molecule has 0 spiro atoms. The van der Waals surface area contributed by atoms with Crippen molar-refractivity contribution < 1.29 is 4.42 Å². The molecule has 0 unspecified atom stereocenters. The number of aromatic nitrogens is 2. The van der Waals surface area contributed by atoms with Crippen molar-refractivity contribution in [3.05, 3.63) is 23.1 Å². The zero-order valence-electron chi connectivity index (χ0n) is 11.8. The Morgan fingerprint density at radius 1 is 1.37 bits per heavy atom. The molecule has 5 heteroatoms. The Balaban J connectivity index is 1.78. The lowest BCUT2D eigenvalue weighted by molar-refractivity contribution is 0.535. The van der Waals surface area contributed by atoms with Crippen LogP contribution < -0.4 is 5.32 Å². The van der Waals surface area contributed by atoms with Crippen LogP contribution in [0.1, 0.15) is 31.0 Å². The molecule has 0 aliphatic heterocycles. The third-order valence-electron chi connectivity index (χ3n) is 2.74. The minimum absolute atomic E-state index is 0.706. The van der Waals surface area contributed by atoms with Crippen LogP contribution >= 0.6 is 11.3 Å². The molecule has 2 aromatic rings. The van der Waals surface area contributed by atoms with E-state index < -0.39 is 0 Å². The Hall–Kier alpha value is -1.20. The summed E-state index contributed by atoms with van der Waals surface area (Å²) in [5.41, 5.74) is 1.03. The first kappa shape index (κ1) is 14.2. The van der Waals surface area contributed by atoms with Gasteiger partial charge in [0.25, 0.3) is 0 Å². The molecule has 0 saturated heterocycles. The third-order valence-corrected chi connectivity index (χ3v) is 3.77. The maximum Gasteiger partial charge on any atom is 0.151 e. The summed E-state index contributed by atoms with van der Waals surface area (Å²) < 4.78 is 5.29. The number of hydrogen-bond acceptors (Lipinski definition) is 5. The van der Waals surface area contributed by atoms with Gasteiger partial charge in [-0.15, -0.1) is 10.2 Å². The van der Waals surface area contributed by atoms with Gasteiger partial charge in [-0.05, 0) is 38.4 Å². The van der Waals surface area contributed by atoms with Crippen molar-refractivity contribution in [2.45, 2.75) is 33.6 Å². The lowest BCUT2D eigenvalue weighted by Gasteiger charge is -2.05. The highest BCUT2D eigenvalue weighted by molar-refractivity contribution is 7.14. The third kappa shape index (κ3) is 4.44. The van der Waals surface area contributed by atoms with Crippen LogP contribution in [0.3, 0.4) is 0 Å². The van der Waals surface area contributed by atoms with Crippen molar-refractivity contribution in [1.82, 2.24) is 15.5 Å². The van der Waals surface area contributed by atoms with Crippen molar-refractivity contribution >= 4 is 11.3 Å². The minimum Gasteiger partial charge on any atom is -0.469 e. The van der Waals surface area contributed by atoms with Gasteiger partial charge in [0.1, 0.15) is 17.0 Å². The van der Waals surface area contributed by atoms with Crippen LogP contribution in [0.5, 0.6) is 0 Å². The fourth-order valence-corrected chi connectivity index (χ4v) is 2.64. The average Bonchev–Trinajstić information content (AvgIpc) is 2.97. The lowest BCUT2D eigenvalue weighted by Crippen LogP contribution is -2.21. The number of nitrogens with one attached hydrogen (secondary N) is 1. The van der Waals surface area contributed by atoms with Gasteiger partial charge in [-0.2, -0.15) is 0 Å². The monoisotopic (exact) mass is 279 g/mol. The number of rotatable bonds is 7. The molecular weight excluding hydrogens is 258 g/mol. The zero-order valence-corrected chi connectivity index (χ0v) is 12.6. The summed E-state index contributed by atoms with van der Waals surface area (Å²) in [4.78, 5) is 0. The predicted octanol–water partition coefficient (Wildman–Crippen LogP) is 3.28. The fourth-order valence-electron chi connectivity index (χ4n) is 1.78. The van der Waals surface area contributed by atoms with Crippen LogP contribution in [0.25, 0.3) is 10.6 Å². The first-order valence-corrected chi connectivity index (χ1v) is 7.55. The molecule has 2 rings (SSSR count). The largest absolute Gasteiger partial charge is 0.469 e. The Morgan fingerprint density at radius 2 is 2.21 bits per heavy atom. The van der Waals surface area contributed by atoms with E-state index in [0.29, 0.717) is 5.92 Å². The number of aryl methyl sites for hydroxylation is 2. The van der Waals surface area contributed by atoms with E-state index in [4.69, 9.17) is 4.42 Å². The molecule has 0 radical (unpaired) electrons. The molecule has 0 atom stereocenters. The molecule has 0 aromatic carbocycles. The maximum absolute atomic E-state index is 5.29. The first-order chi connectivity index (χ1) is 9.15. The summed E-state index contributed by atoms with van der Waals surface area (Å²) in [5, 5.41) is 13.9. The SMILES string of the molecule is Cc1cc(-c2nnc(CCCNCC(C)C)s2)co1. The van der Waals surface area contributed by atoms with Gasteiger partial charge in [-0.25, -0.2) is 0 Å². The molecule has 19 heavy (non-hydrogen) atoms. The topological polar surface area (TPSA) is 51.0 Å². The second-order valence-electron chi connectivity index (χ2n) is 5.15. The maximum atomic E-state index is 5.29. The molecule has 0 aliphatic rings. The first-order valence-electron chi connectivity index (χ1n) is 6.73. The highest BCUT2D eigenvalue weighted by Crippen LogP contribution is 2.25. The number of furan rings is 1. The average molecular weight is 279 g/mol. The van der Waals surface area contributed by atoms with E-state index in [1.807, 2.05) is 13.0 Å². The second kappa shape index (κ2) is 6.82. The van der Waals surface area contributed by atoms with Crippen molar-refractivity contribution in [2.24, 2.45) is 5.92 Å². The normalized spacial score (nSPS) is 11.4. The molecule has 0 fully saturated rings. The molecule has 0 bridgehead atoms. The van der Waals surface area contributed by atoms with Crippen LogP contribution in [0.15, 0.2) is 16.7 Å². The summed E-state index contributed by atoms with van der Waals surface area (Å²) in [6, 6.07) is 1.99. The minimum atomic E-state index is 0.706. The summed E-state index contributed by atoms with van der Waals surface area (Å²) in [5.74, 6) is 1.61. The molecule has 4 nitrogen and oxygen atoms in total. The van der Waals surface area contributed by atoms with Crippen molar-refractivity contribution in [2.75, 3.05) is 13.1 Å². The van der Waals surface area contributed by atoms with Crippen LogP contribution in [-0.4, -0.2) is 23.3 Å². The van der Waals surface area contributed by atoms with Crippen LogP contribution in [0.2, 0.25) is 0 Å². The van der Waals surface area contributed by atoms with Crippen LogP contribution in [0.4, 0.5) is 0 Å². The number of hydrogen-bond donors (Lipinski definition) is 1. The van der Waals surface area contributed by atoms with Gasteiger partial charge in [-0.1, -0.05) is 25.2 Å². The Morgan fingerprint density at radius 3 is 2.89 bits per heavy atom. The van der Waals surface area contributed by atoms with Gasteiger partial charge >= 0.3 is 0 Å². The van der Waals surface area contributed by atoms with Crippen molar-refractivity contribution in [1.29, 1.82) is 0 Å². The highest BCUT2D eigenvalue weighted by Gasteiger charge is 2.08. The van der Waals surface area contributed by atoms with Gasteiger partial charge in [0.15, 0.2) is 5.01 Å². The lowest BCUT2D eigenvalue weighted by atomic mass is 10.2. The van der Waals surface area contributed by atoms with Gasteiger partial charge in [-0.3, -0.25) is 0 Å². The molecular formula is C14H21N3OS. The van der Waals surface area contributed by atoms with E-state index in [0.717, 1.165) is 47.3 Å². The second-order valence-corrected chi connectivity index (χ2v) is 6.21. The summed E-state index contributed by atoms with van der Waals surface area (Å²) in [7, 11) is 0. The predicted molar refractivity (Wildman–Crippen MR) is 78.4 cm³/mol. The van der Waals surface area contributed by atoms with Crippen molar-refractivity contribution in [3.63, 3.8) is 0 Å². The Labute approximate surface area is 118 Å². The van der Waals surface area contributed by atoms with E-state index in [1.165, 1.54) is 0 Å². The molecule has 2 aromatic heterocycles. The standard InChI is InChI=1S/C14H21N3OS/c1-10(2)8-15-6-4-5-13-16-17-14(19-13)12-7-11(3)18-9-12/h7,9-10,15H,4-6,8H2,1-3H3. The Kier molecular flexibility index (Phi) is 5.10. The molecule has 2 heterocycles. The Bertz CT molecular complexity index is 504.